The third-order valence-electron chi connectivity index (χ3n) is 2.13. The molecule has 1 heterocycles. The number of thiophene rings is 1. The van der Waals surface area contributed by atoms with Gasteiger partial charge < -0.3 is 10.1 Å². The number of para-hydroxylation sites is 1. The zero-order valence-electron chi connectivity index (χ0n) is 9.19. The van der Waals surface area contributed by atoms with Gasteiger partial charge in [0.15, 0.2) is 5.06 Å². The zero-order chi connectivity index (χ0) is 10.7. The Bertz CT molecular complexity index is 456. The van der Waals surface area contributed by atoms with Crippen molar-refractivity contribution in [2.75, 3.05) is 12.4 Å². The van der Waals surface area contributed by atoms with Gasteiger partial charge in [-0.05, 0) is 30.7 Å². The molecule has 0 aliphatic carbocycles. The molecular formula is C12H14ClNOS. The molecule has 0 radical (unpaired) electrons. The molecule has 1 N–H and O–H groups in total. The van der Waals surface area contributed by atoms with E-state index < -0.39 is 0 Å². The maximum Gasteiger partial charge on any atom is 0.182 e. The summed E-state index contributed by atoms with van der Waals surface area (Å²) in [5, 5.41) is 5.11. The van der Waals surface area contributed by atoms with Crippen LogP contribution in [0.25, 0.3) is 0 Å². The molecule has 0 saturated heterocycles. The van der Waals surface area contributed by atoms with Gasteiger partial charge in [-0.3, -0.25) is 0 Å². The third kappa shape index (κ3) is 2.90. The van der Waals surface area contributed by atoms with Gasteiger partial charge in [-0.25, -0.2) is 0 Å². The van der Waals surface area contributed by atoms with Crippen molar-refractivity contribution in [2.45, 2.75) is 6.92 Å². The van der Waals surface area contributed by atoms with Crippen molar-refractivity contribution in [3.8, 4) is 10.8 Å². The highest BCUT2D eigenvalue weighted by molar-refractivity contribution is 7.17. The van der Waals surface area contributed by atoms with Crippen LogP contribution in [0.15, 0.2) is 36.4 Å². The Morgan fingerprint density at radius 1 is 1.12 bits per heavy atom. The summed E-state index contributed by atoms with van der Waals surface area (Å²) in [7, 11) is 1.91. The first-order valence-electron chi connectivity index (χ1n) is 4.80. The molecule has 2 nitrogen and oxygen atoms in total. The lowest BCUT2D eigenvalue weighted by atomic mass is 10.2. The predicted octanol–water partition coefficient (Wildman–Crippen LogP) is 4.31. The molecule has 0 unspecified atom stereocenters. The fourth-order valence-corrected chi connectivity index (χ4v) is 2.01. The van der Waals surface area contributed by atoms with Crippen LogP contribution in [-0.4, -0.2) is 7.05 Å². The quantitative estimate of drug-likeness (QED) is 0.882. The highest BCUT2D eigenvalue weighted by Crippen LogP contribution is 2.33. The Kier molecular flexibility index (Phi) is 4.65. The molecule has 0 atom stereocenters. The maximum absolute atomic E-state index is 5.77. The lowest BCUT2D eigenvalue weighted by molar-refractivity contribution is 0.492. The van der Waals surface area contributed by atoms with Crippen molar-refractivity contribution >= 4 is 28.7 Å². The van der Waals surface area contributed by atoms with E-state index in [1.165, 1.54) is 0 Å². The molecule has 86 valence electrons. The topological polar surface area (TPSA) is 21.3 Å². The number of hydrogen-bond acceptors (Lipinski definition) is 3. The third-order valence-corrected chi connectivity index (χ3v) is 3.11. The van der Waals surface area contributed by atoms with Crippen LogP contribution in [0.5, 0.6) is 10.8 Å². The number of nitrogens with one attached hydrogen (secondary N) is 1. The first-order chi connectivity index (χ1) is 7.29. The molecule has 0 bridgehead atoms. The summed E-state index contributed by atoms with van der Waals surface area (Å²) in [5.74, 6) is 0.919. The van der Waals surface area contributed by atoms with Gasteiger partial charge in [0.1, 0.15) is 5.75 Å². The van der Waals surface area contributed by atoms with Crippen LogP contribution in [0.4, 0.5) is 5.00 Å². The summed E-state index contributed by atoms with van der Waals surface area (Å²) in [6, 6.07) is 12.0. The van der Waals surface area contributed by atoms with Gasteiger partial charge in [0.25, 0.3) is 0 Å². The molecule has 0 aliphatic rings. The van der Waals surface area contributed by atoms with Gasteiger partial charge in [0.05, 0.1) is 5.00 Å². The Morgan fingerprint density at radius 2 is 1.88 bits per heavy atom. The minimum absolute atomic E-state index is 0. The predicted molar refractivity (Wildman–Crippen MR) is 72.4 cm³/mol. The minimum Gasteiger partial charge on any atom is -0.446 e. The highest BCUT2D eigenvalue weighted by Gasteiger charge is 2.02. The number of benzene rings is 1. The van der Waals surface area contributed by atoms with Gasteiger partial charge in [-0.15, -0.1) is 12.4 Å². The van der Waals surface area contributed by atoms with E-state index in [4.69, 9.17) is 4.74 Å². The lowest BCUT2D eigenvalue weighted by Crippen LogP contribution is -1.83. The van der Waals surface area contributed by atoms with E-state index in [9.17, 15) is 0 Å². The van der Waals surface area contributed by atoms with Crippen molar-refractivity contribution in [1.29, 1.82) is 0 Å². The van der Waals surface area contributed by atoms with Crippen LogP contribution in [0.2, 0.25) is 0 Å². The molecule has 0 amide bonds. The number of ether oxygens (including phenoxy) is 1. The Labute approximate surface area is 106 Å². The first kappa shape index (κ1) is 12.9. The first-order valence-corrected chi connectivity index (χ1v) is 5.62. The van der Waals surface area contributed by atoms with Crippen molar-refractivity contribution in [1.82, 2.24) is 0 Å². The second kappa shape index (κ2) is 5.77. The molecule has 2 rings (SSSR count). The van der Waals surface area contributed by atoms with Crippen LogP contribution in [0.3, 0.4) is 0 Å². The normalized spacial score (nSPS) is 9.38. The van der Waals surface area contributed by atoms with E-state index in [1.54, 1.807) is 11.3 Å². The summed E-state index contributed by atoms with van der Waals surface area (Å²) in [4.78, 5) is 0. The van der Waals surface area contributed by atoms with Crippen molar-refractivity contribution < 1.29 is 4.74 Å². The second-order valence-electron chi connectivity index (χ2n) is 3.24. The zero-order valence-corrected chi connectivity index (χ0v) is 10.8. The fraction of sp³-hybridized carbons (Fsp3) is 0.167. The number of hydrogen-bond donors (Lipinski definition) is 1. The van der Waals surface area contributed by atoms with Crippen LogP contribution in [0, 0.1) is 6.92 Å². The van der Waals surface area contributed by atoms with Crippen LogP contribution < -0.4 is 10.1 Å². The largest absolute Gasteiger partial charge is 0.446 e. The summed E-state index contributed by atoms with van der Waals surface area (Å²) in [5.41, 5.74) is 1.15. The van der Waals surface area contributed by atoms with Crippen molar-refractivity contribution in [3.05, 3.63) is 42.0 Å². The minimum atomic E-state index is 0. The number of halogens is 1. The second-order valence-corrected chi connectivity index (χ2v) is 4.28. The van der Waals surface area contributed by atoms with Crippen molar-refractivity contribution in [3.63, 3.8) is 0 Å². The number of anilines is 1. The van der Waals surface area contributed by atoms with Gasteiger partial charge in [0, 0.05) is 7.05 Å². The van der Waals surface area contributed by atoms with E-state index in [0.717, 1.165) is 21.4 Å². The van der Waals surface area contributed by atoms with E-state index in [2.05, 4.69) is 5.32 Å². The van der Waals surface area contributed by atoms with Crippen LogP contribution >= 0.6 is 23.7 Å². The summed E-state index contributed by atoms with van der Waals surface area (Å²) < 4.78 is 5.77. The number of aryl methyl sites for hydroxylation is 1. The molecule has 0 saturated carbocycles. The Balaban J connectivity index is 0.00000128. The van der Waals surface area contributed by atoms with E-state index in [1.807, 2.05) is 50.4 Å². The van der Waals surface area contributed by atoms with Crippen molar-refractivity contribution in [2.24, 2.45) is 0 Å². The molecule has 2 aromatic rings. The van der Waals surface area contributed by atoms with E-state index in [-0.39, 0.29) is 12.4 Å². The molecule has 0 fully saturated rings. The van der Waals surface area contributed by atoms with Gasteiger partial charge >= 0.3 is 0 Å². The standard InChI is InChI=1S/C12H13NOS.ClH/c1-9-5-3-4-6-10(9)14-12-8-7-11(13-2)15-12;/h3-8,13H,1-2H3;1H. The lowest BCUT2D eigenvalue weighted by Gasteiger charge is -2.05. The van der Waals surface area contributed by atoms with E-state index >= 15 is 0 Å². The van der Waals surface area contributed by atoms with Crippen LogP contribution in [0.1, 0.15) is 5.56 Å². The fourth-order valence-electron chi connectivity index (χ4n) is 1.29. The smallest absolute Gasteiger partial charge is 0.182 e. The molecule has 0 spiro atoms. The average molecular weight is 256 g/mol. The monoisotopic (exact) mass is 255 g/mol. The molecule has 16 heavy (non-hydrogen) atoms. The van der Waals surface area contributed by atoms with Gasteiger partial charge in [-0.2, -0.15) is 0 Å². The summed E-state index contributed by atoms with van der Waals surface area (Å²) in [6.07, 6.45) is 0. The van der Waals surface area contributed by atoms with E-state index in [0.29, 0.717) is 0 Å². The summed E-state index contributed by atoms with van der Waals surface area (Å²) >= 11 is 1.60. The molecule has 4 heteroatoms. The molecule has 0 aliphatic heterocycles. The SMILES string of the molecule is CNc1ccc(Oc2ccccc2C)s1.Cl. The molecule has 1 aromatic heterocycles. The Hall–Kier alpha value is -1.19. The Morgan fingerprint density at radius 3 is 2.50 bits per heavy atom. The number of rotatable bonds is 3. The summed E-state index contributed by atoms with van der Waals surface area (Å²) in [6.45, 7) is 2.04. The molecular weight excluding hydrogens is 242 g/mol. The van der Waals surface area contributed by atoms with Gasteiger partial charge in [0.2, 0.25) is 0 Å². The van der Waals surface area contributed by atoms with Crippen LogP contribution in [-0.2, 0) is 0 Å². The maximum atomic E-state index is 5.77. The highest BCUT2D eigenvalue weighted by atomic mass is 35.5. The van der Waals surface area contributed by atoms with Gasteiger partial charge in [-0.1, -0.05) is 29.5 Å². The average Bonchev–Trinajstić information content (AvgIpc) is 2.69. The molecule has 1 aromatic carbocycles.